The second-order valence-electron chi connectivity index (χ2n) is 30.3. The molecule has 5 aromatic heterocycles. The summed E-state index contributed by atoms with van der Waals surface area (Å²) in [6, 6.07) is 60.9. The Balaban J connectivity index is 0.000000139. The molecular formula is C90H98N18O12. The zero-order chi connectivity index (χ0) is 83.7. The third kappa shape index (κ3) is 22.4. The van der Waals surface area contributed by atoms with Crippen LogP contribution in [0.2, 0.25) is 0 Å². The van der Waals surface area contributed by atoms with Crippen molar-refractivity contribution in [2.24, 2.45) is 5.92 Å². The summed E-state index contributed by atoms with van der Waals surface area (Å²) in [6.45, 7) is 6.87. The maximum atomic E-state index is 13.0. The van der Waals surface area contributed by atoms with Crippen LogP contribution in [-0.2, 0) is 27.2 Å². The van der Waals surface area contributed by atoms with Gasteiger partial charge in [0.25, 0.3) is 29.5 Å². The number of hydrogen-bond acceptors (Lipinski definition) is 21. The molecule has 11 aromatic rings. The first-order chi connectivity index (χ1) is 58.6. The monoisotopic (exact) mass is 1620 g/mol. The number of H-pyrrole nitrogens is 1. The first-order valence-corrected chi connectivity index (χ1v) is 40.4. The Labute approximate surface area is 693 Å². The molecule has 0 spiro atoms. The van der Waals surface area contributed by atoms with Crippen LogP contribution in [0.3, 0.4) is 0 Å². The molecule has 13 N–H and O–H groups in total. The maximum Gasteiger partial charge on any atom is 0.277 e. The predicted molar refractivity (Wildman–Crippen MR) is 452 cm³/mol. The number of hydroxylamine groups is 4. The van der Waals surface area contributed by atoms with Gasteiger partial charge in [0.2, 0.25) is 23.7 Å². The van der Waals surface area contributed by atoms with Crippen LogP contribution >= 0.6 is 0 Å². The van der Waals surface area contributed by atoms with Crippen LogP contribution in [0.15, 0.2) is 225 Å². The number of benzene rings is 6. The highest BCUT2D eigenvalue weighted by atomic mass is 16.5. The highest BCUT2D eigenvalue weighted by Gasteiger charge is 2.32. The molecule has 6 aromatic carbocycles. The number of para-hydroxylation sites is 1. The Kier molecular flexibility index (Phi) is 29.2. The third-order valence-corrected chi connectivity index (χ3v) is 22.6. The molecule has 16 rings (SSSR count). The molecule has 1 unspecified atom stereocenters. The Hall–Kier alpha value is -13.6. The fourth-order valence-corrected chi connectivity index (χ4v) is 15.9. The zero-order valence-corrected chi connectivity index (χ0v) is 66.3. The van der Waals surface area contributed by atoms with Crippen LogP contribution in [0.1, 0.15) is 156 Å². The van der Waals surface area contributed by atoms with Crippen molar-refractivity contribution in [2.45, 2.75) is 107 Å². The first kappa shape index (κ1) is 84.4. The van der Waals surface area contributed by atoms with Crippen molar-refractivity contribution in [1.29, 1.82) is 0 Å². The Bertz CT molecular complexity index is 5230. The van der Waals surface area contributed by atoms with Crippen molar-refractivity contribution in [3.63, 3.8) is 0 Å². The number of amides is 8. The van der Waals surface area contributed by atoms with E-state index in [0.29, 0.717) is 53.5 Å². The fraction of sp³-hybridized carbons (Fsp3) is 0.300. The van der Waals surface area contributed by atoms with E-state index in [4.69, 9.17) is 20.8 Å². The predicted octanol–water partition coefficient (Wildman–Crippen LogP) is 9.93. The summed E-state index contributed by atoms with van der Waals surface area (Å²) in [5.74, 6) is 1.10. The van der Waals surface area contributed by atoms with Gasteiger partial charge < -0.3 is 45.9 Å². The Morgan fingerprint density at radius 1 is 0.408 bits per heavy atom. The van der Waals surface area contributed by atoms with Gasteiger partial charge in [-0.25, -0.2) is 46.8 Å². The summed E-state index contributed by atoms with van der Waals surface area (Å²) in [7, 11) is 0. The summed E-state index contributed by atoms with van der Waals surface area (Å²) < 4.78 is 0. The Morgan fingerprint density at radius 2 is 0.850 bits per heavy atom. The largest absolute Gasteiger partial charge is 0.361 e. The number of anilines is 4. The number of piperidine rings is 4. The summed E-state index contributed by atoms with van der Waals surface area (Å²) in [5, 5.41) is 50.6. The molecule has 1 aliphatic carbocycles. The number of aryl methyl sites for hydroxylation is 1. The average Bonchev–Trinajstić information content (AvgIpc) is 1.69. The molecule has 9 heterocycles. The van der Waals surface area contributed by atoms with Crippen LogP contribution in [0.25, 0.3) is 21.7 Å². The van der Waals surface area contributed by atoms with Gasteiger partial charge in [0.05, 0.1) is 34.6 Å². The van der Waals surface area contributed by atoms with Gasteiger partial charge in [0.1, 0.15) is 17.5 Å². The number of nitrogens with zero attached hydrogens (tertiary/aromatic N) is 9. The second kappa shape index (κ2) is 41.5. The van der Waals surface area contributed by atoms with E-state index in [1.165, 1.54) is 42.1 Å². The first-order valence-electron chi connectivity index (χ1n) is 40.4. The van der Waals surface area contributed by atoms with E-state index in [1.807, 2.05) is 121 Å². The number of fused-ring (bicyclic) bond motifs is 3. The smallest absolute Gasteiger partial charge is 0.277 e. The van der Waals surface area contributed by atoms with Gasteiger partial charge in [-0.15, -0.1) is 0 Å². The van der Waals surface area contributed by atoms with Crippen LogP contribution in [-0.4, -0.2) is 175 Å². The van der Waals surface area contributed by atoms with E-state index in [2.05, 4.69) is 107 Å². The summed E-state index contributed by atoms with van der Waals surface area (Å²) in [6.07, 6.45) is 18.5. The molecule has 5 aliphatic rings. The van der Waals surface area contributed by atoms with E-state index in [9.17, 15) is 38.4 Å². The van der Waals surface area contributed by atoms with Gasteiger partial charge in [-0.2, -0.15) is 0 Å². The van der Waals surface area contributed by atoms with Gasteiger partial charge in [-0.3, -0.25) is 59.2 Å². The van der Waals surface area contributed by atoms with Crippen molar-refractivity contribution in [2.75, 3.05) is 78.5 Å². The van der Waals surface area contributed by atoms with Gasteiger partial charge in [-0.05, 0) is 163 Å². The SMILES string of the molecule is O=C(CC(c1ccccc1)c1ccccc1)NC1CCN(c2ccc(C(=O)NO)cn2)CC1.O=C(Cc1c[nH]c2ccccc12)NC1CCN(c2ccc(C(=O)NO)cn2)CC1.O=C(NO)c1ccc(N2CCC(NC(=O)C3CCc4ccccc43)CC2)nc1.O=C(NO)c1cnc(N2CCC(CNC(=O)c3ccc4ccccc4c3)CC2)nc1. The number of carbonyl (C=O) groups excluding carboxylic acids is 8. The molecule has 120 heavy (non-hydrogen) atoms. The van der Waals surface area contributed by atoms with Crippen LogP contribution in [0.5, 0.6) is 0 Å². The average molecular weight is 1620 g/mol. The molecule has 4 saturated heterocycles. The van der Waals surface area contributed by atoms with Gasteiger partial charge in [0.15, 0.2) is 0 Å². The van der Waals surface area contributed by atoms with E-state index in [1.54, 1.807) is 58.3 Å². The highest BCUT2D eigenvalue weighted by molar-refractivity contribution is 5.99. The minimum Gasteiger partial charge on any atom is -0.361 e. The minimum absolute atomic E-state index is 0.0197. The van der Waals surface area contributed by atoms with Crippen molar-refractivity contribution < 1.29 is 59.2 Å². The number of rotatable bonds is 21. The van der Waals surface area contributed by atoms with E-state index in [-0.39, 0.29) is 59.2 Å². The molecule has 1 atom stereocenters. The molecule has 0 saturated carbocycles. The summed E-state index contributed by atoms with van der Waals surface area (Å²) in [4.78, 5) is 129. The highest BCUT2D eigenvalue weighted by Crippen LogP contribution is 2.35. The number of pyridine rings is 3. The molecule has 4 aliphatic heterocycles. The molecule has 4 fully saturated rings. The van der Waals surface area contributed by atoms with Gasteiger partial charge >= 0.3 is 0 Å². The van der Waals surface area contributed by atoms with Gasteiger partial charge in [0, 0.05) is 143 Å². The molecule has 30 heteroatoms. The summed E-state index contributed by atoms with van der Waals surface area (Å²) in [5.41, 5.74) is 14.9. The number of aromatic nitrogens is 6. The number of carbonyl (C=O) groups is 8. The van der Waals surface area contributed by atoms with Crippen molar-refractivity contribution in [3.8, 4) is 0 Å². The topological polar surface area (TPSA) is 407 Å². The van der Waals surface area contributed by atoms with Crippen LogP contribution in [0, 0.1) is 5.92 Å². The molecule has 0 bridgehead atoms. The number of aromatic amines is 1. The lowest BCUT2D eigenvalue weighted by Crippen LogP contribution is -2.46. The van der Waals surface area contributed by atoms with Gasteiger partial charge in [-0.1, -0.05) is 133 Å². The molecule has 620 valence electrons. The third-order valence-electron chi connectivity index (χ3n) is 22.6. The van der Waals surface area contributed by atoms with Crippen molar-refractivity contribution >= 4 is 92.3 Å². The quantitative estimate of drug-likeness (QED) is 0.0235. The Morgan fingerprint density at radius 3 is 1.37 bits per heavy atom. The number of nitrogens with one attached hydrogen (secondary N) is 9. The lowest BCUT2D eigenvalue weighted by molar-refractivity contribution is -0.123. The lowest BCUT2D eigenvalue weighted by Gasteiger charge is -2.33. The van der Waals surface area contributed by atoms with E-state index < -0.39 is 23.6 Å². The summed E-state index contributed by atoms with van der Waals surface area (Å²) >= 11 is 0. The molecule has 30 nitrogen and oxygen atoms in total. The maximum absolute atomic E-state index is 13.0. The van der Waals surface area contributed by atoms with E-state index >= 15 is 0 Å². The molecule has 0 radical (unpaired) electrons. The standard InChI is InChI=1S/C26H28N4O3.C22H23N5O3.C21H23N5O3.C21H24N4O3/c31-25(17-23(19-7-3-1-4-8-19)20-9-5-2-6-10-20)28-22-13-15-30(16-14-22)24-12-11-21(18-27-24)26(32)29-33;28-20(18-6-5-16-3-1-2-4-17(16)11-18)23-12-15-7-9-27(10-8-15)22-24-13-19(14-25-22)21(29)26-30;27-20(11-15-13-22-18-4-2-1-3-17(15)18)24-16-7-9-26(10-8-16)19-6-5-14(12-23-19)21(28)25-29;26-20(24-28)15-6-8-19(22-13-15)25-11-9-16(10-12-25)23-21(27)18-7-5-14-3-1-2-4-17(14)18/h1-12,18,22-23,33H,13-17H2,(H,28,31)(H,29,32);1-6,11,13-15,30H,7-10,12H2,(H,23,28)(H,26,29);1-6,12-13,16,22,29H,7-11H2,(H,24,27)(H,25,28);1-4,6,8,13,16,18,28H,5,7,9-12H2,(H,23,27)(H,24,26). The zero-order valence-electron chi connectivity index (χ0n) is 66.3. The van der Waals surface area contributed by atoms with Crippen molar-refractivity contribution in [3.05, 3.63) is 281 Å². The second-order valence-corrected chi connectivity index (χ2v) is 30.3. The molecular weight excluding hydrogens is 1530 g/mol. The molecule has 8 amide bonds. The van der Waals surface area contributed by atoms with Crippen molar-refractivity contribution in [1.82, 2.24) is 73.1 Å². The van der Waals surface area contributed by atoms with Crippen LogP contribution < -0.4 is 62.8 Å². The lowest BCUT2D eigenvalue weighted by atomic mass is 9.88. The van der Waals surface area contributed by atoms with Crippen LogP contribution in [0.4, 0.5) is 23.4 Å². The minimum atomic E-state index is -0.637. The number of hydrogen-bond donors (Lipinski definition) is 13. The van der Waals surface area contributed by atoms with E-state index in [0.717, 1.165) is 172 Å². The fourth-order valence-electron chi connectivity index (χ4n) is 15.9. The normalized spacial score (nSPS) is 15.6.